The van der Waals surface area contributed by atoms with Gasteiger partial charge in [0.1, 0.15) is 0 Å². The van der Waals surface area contributed by atoms with E-state index >= 15 is 0 Å². The van der Waals surface area contributed by atoms with Crippen molar-refractivity contribution in [1.82, 2.24) is 0 Å². The predicted octanol–water partition coefficient (Wildman–Crippen LogP) is 4.15. The summed E-state index contributed by atoms with van der Waals surface area (Å²) in [5.41, 5.74) is 0.457. The number of benzene rings is 1. The molecule has 0 radical (unpaired) electrons. The van der Waals surface area contributed by atoms with E-state index in [2.05, 4.69) is 0 Å². The third kappa shape index (κ3) is 2.21. The smallest absolute Gasteiger partial charge is 0.365 e. The van der Waals surface area contributed by atoms with Gasteiger partial charge in [-0.2, -0.15) is 13.2 Å². The Balaban J connectivity index is 2.75. The van der Waals surface area contributed by atoms with E-state index in [1.807, 2.05) is 26.8 Å². The summed E-state index contributed by atoms with van der Waals surface area (Å²) in [6.07, 6.45) is -2.29. The maximum Gasteiger partial charge on any atom is 0.417 e. The molecule has 1 aromatic carbocycles. The Morgan fingerprint density at radius 3 is 2.35 bits per heavy atom. The summed E-state index contributed by atoms with van der Waals surface area (Å²) in [7, 11) is 1.75. The largest absolute Gasteiger partial charge is 0.417 e. The van der Waals surface area contributed by atoms with Gasteiger partial charge in [0.05, 0.1) is 11.1 Å². The van der Waals surface area contributed by atoms with Crippen molar-refractivity contribution >= 4 is 17.5 Å². The molecule has 5 heteroatoms. The lowest BCUT2D eigenvalue weighted by Crippen LogP contribution is -2.42. The lowest BCUT2D eigenvalue weighted by Gasteiger charge is -2.41. The zero-order valence-electron chi connectivity index (χ0n) is 11.8. The zero-order valence-corrected chi connectivity index (χ0v) is 11.8. The van der Waals surface area contributed by atoms with E-state index in [1.165, 1.54) is 6.07 Å². The highest BCUT2D eigenvalue weighted by Crippen LogP contribution is 2.42. The topological polar surface area (TPSA) is 20.3 Å². The summed E-state index contributed by atoms with van der Waals surface area (Å²) in [5, 5.41) is 0. The summed E-state index contributed by atoms with van der Waals surface area (Å²) < 4.78 is 39.1. The van der Waals surface area contributed by atoms with Crippen molar-refractivity contribution in [2.24, 2.45) is 0 Å². The average Bonchev–Trinajstić information content (AvgIpc) is 2.33. The van der Waals surface area contributed by atoms with Crippen LogP contribution in [0.5, 0.6) is 0 Å². The van der Waals surface area contributed by atoms with Gasteiger partial charge >= 0.3 is 6.18 Å². The minimum absolute atomic E-state index is 0.260. The molecule has 1 heterocycles. The van der Waals surface area contributed by atoms with Crippen LogP contribution < -0.4 is 4.90 Å². The van der Waals surface area contributed by atoms with Crippen LogP contribution in [0.3, 0.4) is 0 Å². The molecule has 1 aliphatic rings. The molecule has 0 aromatic heterocycles. The molecule has 0 fully saturated rings. The maximum atomic E-state index is 13.0. The van der Waals surface area contributed by atoms with Crippen LogP contribution in [-0.4, -0.2) is 18.9 Å². The van der Waals surface area contributed by atoms with E-state index < -0.39 is 11.7 Å². The Morgan fingerprint density at radius 1 is 1.25 bits per heavy atom. The van der Waals surface area contributed by atoms with Gasteiger partial charge in [-0.25, -0.2) is 0 Å². The number of rotatable bonds is 1. The van der Waals surface area contributed by atoms with Crippen LogP contribution in [0.15, 0.2) is 18.2 Å². The third-order valence-electron chi connectivity index (χ3n) is 3.82. The molecule has 0 spiro atoms. The molecule has 20 heavy (non-hydrogen) atoms. The van der Waals surface area contributed by atoms with Gasteiger partial charge in [0.2, 0.25) is 0 Å². The second-order valence-corrected chi connectivity index (χ2v) is 5.61. The molecule has 0 saturated carbocycles. The molecule has 0 saturated heterocycles. The zero-order chi connectivity index (χ0) is 15.3. The minimum atomic E-state index is -4.54. The molecular weight excluding hydrogens is 267 g/mol. The van der Waals surface area contributed by atoms with Crippen LogP contribution >= 0.6 is 0 Å². The van der Waals surface area contributed by atoms with Crippen molar-refractivity contribution in [2.45, 2.75) is 32.5 Å². The standard InChI is InChI=1S/C15H16F3NO/c1-9-7-14(2,3)19(4)13-6-12(15(16,17)18)10(8-20)5-11(9)13/h5-8H,1-4H3. The van der Waals surface area contributed by atoms with Crippen molar-refractivity contribution in [2.75, 3.05) is 11.9 Å². The number of halogens is 3. The molecule has 0 amide bonds. The number of nitrogens with zero attached hydrogens (tertiary/aromatic N) is 1. The number of likely N-dealkylation sites (N-methyl/N-ethyl adjacent to an activating group) is 1. The van der Waals surface area contributed by atoms with Crippen molar-refractivity contribution in [3.05, 3.63) is 34.9 Å². The second-order valence-electron chi connectivity index (χ2n) is 5.61. The first-order valence-corrected chi connectivity index (χ1v) is 6.22. The fraction of sp³-hybridized carbons (Fsp3) is 0.400. The fourth-order valence-electron chi connectivity index (χ4n) is 2.56. The van der Waals surface area contributed by atoms with Gasteiger partial charge in [-0.1, -0.05) is 6.08 Å². The third-order valence-corrected chi connectivity index (χ3v) is 3.82. The molecule has 1 aromatic rings. The molecule has 2 rings (SSSR count). The van der Waals surface area contributed by atoms with Crippen LogP contribution in [-0.2, 0) is 6.18 Å². The van der Waals surface area contributed by atoms with E-state index in [0.29, 0.717) is 11.3 Å². The highest BCUT2D eigenvalue weighted by molar-refractivity contribution is 5.88. The van der Waals surface area contributed by atoms with Crippen molar-refractivity contribution in [3.8, 4) is 0 Å². The molecule has 0 unspecified atom stereocenters. The highest BCUT2D eigenvalue weighted by Gasteiger charge is 2.37. The van der Waals surface area contributed by atoms with Gasteiger partial charge in [0.25, 0.3) is 0 Å². The van der Waals surface area contributed by atoms with E-state index in [0.717, 1.165) is 11.6 Å². The summed E-state index contributed by atoms with van der Waals surface area (Å²) in [6.45, 7) is 5.70. The molecule has 108 valence electrons. The van der Waals surface area contributed by atoms with E-state index in [9.17, 15) is 18.0 Å². The molecule has 0 bridgehead atoms. The van der Waals surface area contributed by atoms with Crippen LogP contribution in [0.4, 0.5) is 18.9 Å². The van der Waals surface area contributed by atoms with Crippen LogP contribution in [0.1, 0.15) is 42.3 Å². The number of aldehydes is 1. The van der Waals surface area contributed by atoms with Crippen molar-refractivity contribution in [3.63, 3.8) is 0 Å². The maximum absolute atomic E-state index is 13.0. The highest BCUT2D eigenvalue weighted by atomic mass is 19.4. The fourth-order valence-corrected chi connectivity index (χ4v) is 2.56. The lowest BCUT2D eigenvalue weighted by atomic mass is 9.87. The monoisotopic (exact) mass is 283 g/mol. The summed E-state index contributed by atoms with van der Waals surface area (Å²) >= 11 is 0. The summed E-state index contributed by atoms with van der Waals surface area (Å²) in [4.78, 5) is 12.7. The minimum Gasteiger partial charge on any atom is -0.365 e. The van der Waals surface area contributed by atoms with E-state index in [1.54, 1.807) is 11.9 Å². The number of carbonyl (C=O) groups excluding carboxylic acids is 1. The Morgan fingerprint density at radius 2 is 1.85 bits per heavy atom. The average molecular weight is 283 g/mol. The molecule has 2 nitrogen and oxygen atoms in total. The van der Waals surface area contributed by atoms with Gasteiger partial charge in [0.15, 0.2) is 6.29 Å². The Labute approximate surface area is 115 Å². The van der Waals surface area contributed by atoms with Crippen molar-refractivity contribution in [1.29, 1.82) is 0 Å². The van der Waals surface area contributed by atoms with Gasteiger partial charge in [-0.15, -0.1) is 0 Å². The Hall–Kier alpha value is -1.78. The summed E-state index contributed by atoms with van der Waals surface area (Å²) in [5.74, 6) is 0. The number of fused-ring (bicyclic) bond motifs is 1. The number of anilines is 1. The first-order valence-electron chi connectivity index (χ1n) is 6.22. The first kappa shape index (κ1) is 14.6. The van der Waals surface area contributed by atoms with E-state index in [-0.39, 0.29) is 17.4 Å². The number of hydrogen-bond acceptors (Lipinski definition) is 2. The Kier molecular flexibility index (Phi) is 3.19. The van der Waals surface area contributed by atoms with Crippen LogP contribution in [0.25, 0.3) is 5.57 Å². The number of alkyl halides is 3. The Bertz CT molecular complexity index is 600. The van der Waals surface area contributed by atoms with Crippen LogP contribution in [0.2, 0.25) is 0 Å². The van der Waals surface area contributed by atoms with Gasteiger partial charge in [-0.05, 0) is 38.5 Å². The van der Waals surface area contributed by atoms with Crippen LogP contribution in [0, 0.1) is 0 Å². The quantitative estimate of drug-likeness (QED) is 0.722. The number of allylic oxidation sites excluding steroid dienone is 1. The molecule has 0 atom stereocenters. The predicted molar refractivity (Wildman–Crippen MR) is 73.0 cm³/mol. The number of hydrogen-bond donors (Lipinski definition) is 0. The molecular formula is C15H16F3NO. The molecule has 0 N–H and O–H groups in total. The molecule has 1 aliphatic heterocycles. The number of carbonyl (C=O) groups is 1. The summed E-state index contributed by atoms with van der Waals surface area (Å²) in [6, 6.07) is 2.39. The normalized spacial score (nSPS) is 17.6. The van der Waals surface area contributed by atoms with Gasteiger partial charge in [0, 0.05) is 23.9 Å². The van der Waals surface area contributed by atoms with Gasteiger partial charge < -0.3 is 4.90 Å². The SMILES string of the molecule is CC1=CC(C)(C)N(C)c2cc(C(F)(F)F)c(C=O)cc21. The molecule has 0 aliphatic carbocycles. The lowest BCUT2D eigenvalue weighted by molar-refractivity contribution is -0.137. The van der Waals surface area contributed by atoms with Crippen molar-refractivity contribution < 1.29 is 18.0 Å². The second kappa shape index (κ2) is 4.36. The first-order chi connectivity index (χ1) is 9.08. The van der Waals surface area contributed by atoms with Gasteiger partial charge in [-0.3, -0.25) is 4.79 Å². The van der Waals surface area contributed by atoms with E-state index in [4.69, 9.17) is 0 Å².